The topological polar surface area (TPSA) is 133 Å². The molecule has 1 aliphatic rings. The van der Waals surface area contributed by atoms with Gasteiger partial charge in [-0.1, -0.05) is 45.4 Å². The molecule has 256 valence electrons. The normalized spacial score (nSPS) is 15.5. The van der Waals surface area contributed by atoms with Crippen molar-refractivity contribution in [3.63, 3.8) is 0 Å². The Morgan fingerprint density at radius 3 is 2.55 bits per heavy atom. The van der Waals surface area contributed by atoms with E-state index in [-0.39, 0.29) is 43.9 Å². The number of rotatable bonds is 12. The summed E-state index contributed by atoms with van der Waals surface area (Å²) in [5.41, 5.74) is 5.24. The van der Waals surface area contributed by atoms with Crippen LogP contribution in [0, 0.1) is 13.8 Å². The van der Waals surface area contributed by atoms with Crippen LogP contribution < -0.4 is 0 Å². The van der Waals surface area contributed by atoms with Gasteiger partial charge in [-0.3, -0.25) is 9.69 Å². The van der Waals surface area contributed by atoms with Gasteiger partial charge in [0.25, 0.3) is 0 Å². The predicted molar refractivity (Wildman–Crippen MR) is 182 cm³/mol. The van der Waals surface area contributed by atoms with E-state index in [2.05, 4.69) is 26.2 Å². The number of carbonyl (C=O) groups excluding carboxylic acids is 2. The Kier molecular flexibility index (Phi) is 11.7. The van der Waals surface area contributed by atoms with E-state index in [9.17, 15) is 18.0 Å². The van der Waals surface area contributed by atoms with Crippen LogP contribution in [0.5, 0.6) is 0 Å². The zero-order valence-corrected chi connectivity index (χ0v) is 30.5. The van der Waals surface area contributed by atoms with Crippen molar-refractivity contribution < 1.29 is 31.7 Å². The first-order valence-corrected chi connectivity index (χ1v) is 18.1. The Balaban J connectivity index is 1.64. The lowest BCUT2D eigenvalue weighted by molar-refractivity contribution is -0.143. The van der Waals surface area contributed by atoms with E-state index in [0.29, 0.717) is 0 Å². The molecule has 47 heavy (non-hydrogen) atoms. The smallest absolute Gasteiger partial charge is 0.416 e. The van der Waals surface area contributed by atoms with Gasteiger partial charge < -0.3 is 13.7 Å². The maximum Gasteiger partial charge on any atom is 0.416 e. The zero-order chi connectivity index (χ0) is 34.5. The minimum absolute atomic E-state index is 0.0121. The molecule has 4 rings (SSSR count). The highest BCUT2D eigenvalue weighted by atomic mass is 79.9. The van der Waals surface area contributed by atoms with E-state index in [1.165, 1.54) is 17.4 Å². The number of aromatic nitrogens is 3. The summed E-state index contributed by atoms with van der Waals surface area (Å²) in [6.07, 6.45) is 2.89. The number of ether oxygens (including phenoxy) is 2. The number of nitrogens with zero attached hydrogens (tertiary/aromatic N) is 5. The van der Waals surface area contributed by atoms with Gasteiger partial charge in [0.05, 0.1) is 18.5 Å². The molecule has 1 unspecified atom stereocenters. The quantitative estimate of drug-likeness (QED) is 0.123. The van der Waals surface area contributed by atoms with E-state index in [4.69, 9.17) is 13.7 Å². The van der Waals surface area contributed by atoms with Crippen LogP contribution in [0.25, 0.3) is 11.0 Å². The van der Waals surface area contributed by atoms with Gasteiger partial charge in [0.1, 0.15) is 11.1 Å². The largest absolute Gasteiger partial charge is 0.466 e. The summed E-state index contributed by atoms with van der Waals surface area (Å²) in [5, 5.41) is 9.80. The Hall–Kier alpha value is -3.49. The highest BCUT2D eigenvalue weighted by Gasteiger charge is 2.34. The summed E-state index contributed by atoms with van der Waals surface area (Å²) in [5.74, 6) is -0.836. The standard InChI is InChI=1S/C33H44BrN5O7S/c1-8-44-30(40)20-27(26-13-14-28-31(23(26)3)35-36-39(28)17-10-9-16-34)24-12-11-22(2)25(19-24)21-38-18-15-29(46-47(38,42)43)37(7)32(41)45-33(4,5)6/h11-15,19,27H,8-10,16-18,20-21H2,1-7H3. The Morgan fingerprint density at radius 2 is 1.89 bits per heavy atom. The first kappa shape index (κ1) is 36.3. The van der Waals surface area contributed by atoms with Crippen LogP contribution in [0.1, 0.15) is 80.7 Å². The SMILES string of the molecule is CCOC(=O)CC(c1ccc(C)c(CN2CC=C(N(C)C(=O)OC(C)(C)C)OS2(=O)=O)c1)c1ccc2c(nnn2CCCCBr)c1C. The average Bonchev–Trinajstić information content (AvgIpc) is 3.41. The van der Waals surface area contributed by atoms with Crippen molar-refractivity contribution in [2.75, 3.05) is 25.5 Å². The lowest BCUT2D eigenvalue weighted by Gasteiger charge is -2.30. The van der Waals surface area contributed by atoms with Crippen molar-refractivity contribution >= 4 is 49.3 Å². The van der Waals surface area contributed by atoms with Crippen molar-refractivity contribution in [3.8, 4) is 0 Å². The molecule has 14 heteroatoms. The average molecular weight is 735 g/mol. The minimum atomic E-state index is -4.24. The first-order chi connectivity index (χ1) is 22.1. The number of esters is 1. The van der Waals surface area contributed by atoms with Crippen LogP contribution in [0.4, 0.5) is 4.79 Å². The van der Waals surface area contributed by atoms with Gasteiger partial charge in [-0.15, -0.1) is 5.10 Å². The third-order valence-electron chi connectivity index (χ3n) is 7.88. The van der Waals surface area contributed by atoms with Crippen molar-refractivity contribution in [3.05, 3.63) is 70.1 Å². The fraction of sp³-hybridized carbons (Fsp3) is 0.515. The number of carbonyl (C=O) groups is 2. The van der Waals surface area contributed by atoms with Crippen LogP contribution >= 0.6 is 15.9 Å². The molecular formula is C33H44BrN5O7S. The molecule has 1 atom stereocenters. The van der Waals surface area contributed by atoms with Crippen molar-refractivity contribution in [1.82, 2.24) is 24.2 Å². The van der Waals surface area contributed by atoms with Crippen molar-refractivity contribution in [2.45, 2.75) is 85.4 Å². The van der Waals surface area contributed by atoms with Gasteiger partial charge in [0, 0.05) is 37.9 Å². The molecule has 0 bridgehead atoms. The number of benzene rings is 2. The maximum atomic E-state index is 13.2. The second kappa shape index (κ2) is 15.2. The Bertz CT molecular complexity index is 1750. The summed E-state index contributed by atoms with van der Waals surface area (Å²) in [6.45, 7) is 11.9. The molecular weight excluding hydrogens is 690 g/mol. The van der Waals surface area contributed by atoms with Gasteiger partial charge in [-0.2, -0.15) is 12.7 Å². The zero-order valence-electron chi connectivity index (χ0n) is 28.1. The molecule has 1 amide bonds. The molecule has 3 aromatic rings. The van der Waals surface area contributed by atoms with E-state index in [1.807, 2.05) is 48.9 Å². The number of fused-ring (bicyclic) bond motifs is 1. The van der Waals surface area contributed by atoms with Crippen LogP contribution in [-0.4, -0.2) is 75.8 Å². The number of amides is 1. The molecule has 0 aliphatic carbocycles. The van der Waals surface area contributed by atoms with Crippen molar-refractivity contribution in [1.29, 1.82) is 0 Å². The molecule has 0 N–H and O–H groups in total. The van der Waals surface area contributed by atoms with Gasteiger partial charge in [-0.25, -0.2) is 9.48 Å². The Morgan fingerprint density at radius 1 is 1.15 bits per heavy atom. The van der Waals surface area contributed by atoms with Gasteiger partial charge in [0.15, 0.2) is 0 Å². The number of halogens is 1. The summed E-state index contributed by atoms with van der Waals surface area (Å²) < 4.78 is 45.6. The summed E-state index contributed by atoms with van der Waals surface area (Å²) >= 11 is 3.47. The van der Waals surface area contributed by atoms with Gasteiger partial charge >= 0.3 is 22.4 Å². The second-order valence-electron chi connectivity index (χ2n) is 12.5. The predicted octanol–water partition coefficient (Wildman–Crippen LogP) is 6.09. The summed E-state index contributed by atoms with van der Waals surface area (Å²) in [7, 11) is -2.84. The number of aryl methyl sites for hydroxylation is 3. The van der Waals surface area contributed by atoms with Crippen LogP contribution in [0.15, 0.2) is 42.3 Å². The maximum absolute atomic E-state index is 13.2. The molecule has 1 aliphatic heterocycles. The van der Waals surface area contributed by atoms with E-state index < -0.39 is 22.0 Å². The molecule has 0 saturated carbocycles. The molecule has 0 saturated heterocycles. The molecule has 0 spiro atoms. The molecule has 2 heterocycles. The molecule has 12 nitrogen and oxygen atoms in total. The fourth-order valence-corrected chi connectivity index (χ4v) is 6.82. The summed E-state index contributed by atoms with van der Waals surface area (Å²) in [4.78, 5) is 26.4. The minimum Gasteiger partial charge on any atom is -0.466 e. The lowest BCUT2D eigenvalue weighted by Crippen LogP contribution is -2.41. The third-order valence-corrected chi connectivity index (χ3v) is 9.74. The Labute approximate surface area is 285 Å². The van der Waals surface area contributed by atoms with Crippen LogP contribution in [-0.2, 0) is 41.8 Å². The highest BCUT2D eigenvalue weighted by molar-refractivity contribution is 9.09. The van der Waals surface area contributed by atoms with Crippen LogP contribution in [0.3, 0.4) is 0 Å². The highest BCUT2D eigenvalue weighted by Crippen LogP contribution is 2.35. The number of unbranched alkanes of at least 4 members (excludes halogenated alkanes) is 1. The molecule has 1 aromatic heterocycles. The number of hydrogen-bond donors (Lipinski definition) is 0. The molecule has 2 aromatic carbocycles. The van der Waals surface area contributed by atoms with Crippen LogP contribution in [0.2, 0.25) is 0 Å². The number of hydrogen-bond acceptors (Lipinski definition) is 9. The van der Waals surface area contributed by atoms with Crippen molar-refractivity contribution in [2.24, 2.45) is 0 Å². The first-order valence-electron chi connectivity index (χ1n) is 15.6. The van der Waals surface area contributed by atoms with E-state index >= 15 is 0 Å². The van der Waals surface area contributed by atoms with Gasteiger partial charge in [-0.05, 0) is 94.3 Å². The second-order valence-corrected chi connectivity index (χ2v) is 14.9. The lowest BCUT2D eigenvalue weighted by atomic mass is 9.84. The molecule has 0 fully saturated rings. The summed E-state index contributed by atoms with van der Waals surface area (Å²) in [6, 6.07) is 9.82. The third kappa shape index (κ3) is 8.90. The molecule has 0 radical (unpaired) electrons. The monoisotopic (exact) mass is 733 g/mol. The van der Waals surface area contributed by atoms with E-state index in [1.54, 1.807) is 27.7 Å². The van der Waals surface area contributed by atoms with E-state index in [0.717, 1.165) is 68.5 Å². The number of alkyl halides is 1. The fourth-order valence-electron chi connectivity index (χ4n) is 5.37. The van der Waals surface area contributed by atoms with Gasteiger partial charge in [0.2, 0.25) is 5.88 Å².